The van der Waals surface area contributed by atoms with Gasteiger partial charge in [-0.05, 0) is 35.4 Å². The van der Waals surface area contributed by atoms with Crippen molar-refractivity contribution in [2.24, 2.45) is 0 Å². The molecule has 0 aromatic heterocycles. The van der Waals surface area contributed by atoms with Crippen molar-refractivity contribution in [3.63, 3.8) is 0 Å². The standard InChI is InChI=1S/C20H24N2O2/c1-21-19(13-15-5-9-17(23-3)10-6-15)20(22-2)14-16-7-11-18(24-4)12-8-16/h5-14H,1-2,21-22H2,3-4H3. The van der Waals surface area contributed by atoms with Gasteiger partial charge in [0.05, 0.1) is 14.2 Å². The average molecular weight is 324 g/mol. The minimum Gasteiger partial charge on any atom is -0.497 e. The first-order valence-corrected chi connectivity index (χ1v) is 7.67. The molecule has 0 fully saturated rings. The Hall–Kier alpha value is -2.56. The maximum absolute atomic E-state index is 5.19. The maximum Gasteiger partial charge on any atom is 0.163 e. The van der Waals surface area contributed by atoms with Gasteiger partial charge in [-0.25, -0.2) is 0 Å². The van der Waals surface area contributed by atoms with E-state index in [-0.39, 0.29) is 0 Å². The van der Waals surface area contributed by atoms with Crippen LogP contribution in [0.2, 0.25) is 0 Å². The first kappa shape index (κ1) is 17.8. The highest BCUT2D eigenvalue weighted by Gasteiger charge is 2.07. The highest BCUT2D eigenvalue weighted by molar-refractivity contribution is 5.62. The number of hydrogen-bond acceptors (Lipinski definition) is 2. The summed E-state index contributed by atoms with van der Waals surface area (Å²) >= 11 is 0. The van der Waals surface area contributed by atoms with Gasteiger partial charge in [0.15, 0.2) is 11.4 Å². The second-order valence-corrected chi connectivity index (χ2v) is 5.15. The van der Waals surface area contributed by atoms with Crippen molar-refractivity contribution in [1.29, 1.82) is 0 Å². The lowest BCUT2D eigenvalue weighted by Crippen LogP contribution is -2.84. The van der Waals surface area contributed by atoms with Crippen LogP contribution in [-0.2, 0) is 0 Å². The van der Waals surface area contributed by atoms with E-state index in [9.17, 15) is 0 Å². The molecule has 0 aliphatic heterocycles. The van der Waals surface area contributed by atoms with E-state index in [4.69, 9.17) is 9.47 Å². The number of nitrogens with two attached hydrogens (primary N) is 2. The van der Waals surface area contributed by atoms with Crippen molar-refractivity contribution in [1.82, 2.24) is 0 Å². The van der Waals surface area contributed by atoms with E-state index in [1.807, 2.05) is 59.2 Å². The summed E-state index contributed by atoms with van der Waals surface area (Å²) in [6, 6.07) is 15.8. The van der Waals surface area contributed by atoms with Crippen LogP contribution in [0.5, 0.6) is 11.5 Å². The van der Waals surface area contributed by atoms with Crippen molar-refractivity contribution >= 4 is 12.2 Å². The second kappa shape index (κ2) is 8.91. The molecule has 0 amide bonds. The molecule has 0 saturated heterocycles. The summed E-state index contributed by atoms with van der Waals surface area (Å²) in [5, 5.41) is 3.67. The third-order valence-corrected chi connectivity index (χ3v) is 3.65. The molecule has 2 aromatic rings. The molecule has 126 valence electrons. The van der Waals surface area contributed by atoms with Crippen molar-refractivity contribution in [3.05, 3.63) is 85.1 Å². The van der Waals surface area contributed by atoms with Crippen LogP contribution in [0.1, 0.15) is 11.1 Å². The van der Waals surface area contributed by atoms with Crippen molar-refractivity contribution < 1.29 is 20.1 Å². The molecular weight excluding hydrogens is 300 g/mol. The molecule has 0 spiro atoms. The van der Waals surface area contributed by atoms with E-state index in [2.05, 4.69) is 26.2 Å². The van der Waals surface area contributed by atoms with Gasteiger partial charge in [-0.15, -0.1) is 14.1 Å². The van der Waals surface area contributed by atoms with Crippen LogP contribution in [0, 0.1) is 14.1 Å². The Balaban J connectivity index is 2.29. The molecule has 2 rings (SSSR count). The Morgan fingerprint density at radius 2 is 1.04 bits per heavy atom. The van der Waals surface area contributed by atoms with E-state index in [0.717, 1.165) is 34.0 Å². The molecule has 0 bridgehead atoms. The molecule has 24 heavy (non-hydrogen) atoms. The summed E-state index contributed by atoms with van der Waals surface area (Å²) in [5.41, 5.74) is 4.17. The summed E-state index contributed by atoms with van der Waals surface area (Å²) in [6.45, 7) is 0. The molecule has 4 heteroatoms. The topological polar surface area (TPSA) is 51.7 Å². The number of methoxy groups -OCH3 is 2. The van der Waals surface area contributed by atoms with Crippen LogP contribution in [0.4, 0.5) is 0 Å². The maximum atomic E-state index is 5.19. The molecule has 4 nitrogen and oxygen atoms in total. The van der Waals surface area contributed by atoms with Gasteiger partial charge >= 0.3 is 0 Å². The van der Waals surface area contributed by atoms with E-state index in [0.29, 0.717) is 0 Å². The minimum atomic E-state index is 0.838. The van der Waals surface area contributed by atoms with Crippen LogP contribution in [0.15, 0.2) is 59.9 Å². The van der Waals surface area contributed by atoms with Gasteiger partial charge in [0.2, 0.25) is 0 Å². The predicted molar refractivity (Wildman–Crippen MR) is 96.5 cm³/mol. The summed E-state index contributed by atoms with van der Waals surface area (Å²) in [4.78, 5) is 0. The smallest absolute Gasteiger partial charge is 0.163 e. The normalized spacial score (nSPS) is 12.2. The fourth-order valence-corrected chi connectivity index (χ4v) is 2.28. The van der Waals surface area contributed by atoms with Crippen molar-refractivity contribution in [2.75, 3.05) is 14.2 Å². The largest absolute Gasteiger partial charge is 0.497 e. The summed E-state index contributed by atoms with van der Waals surface area (Å²) in [5.74, 6) is 1.68. The van der Waals surface area contributed by atoms with Crippen LogP contribution in [0.25, 0.3) is 12.2 Å². The van der Waals surface area contributed by atoms with E-state index in [1.165, 1.54) is 0 Å². The number of benzene rings is 2. The lowest BCUT2D eigenvalue weighted by atomic mass is 10.1. The Morgan fingerprint density at radius 1 is 0.708 bits per heavy atom. The predicted octanol–water partition coefficient (Wildman–Crippen LogP) is 1.80. The molecule has 0 heterocycles. The summed E-state index contributed by atoms with van der Waals surface area (Å²) < 4.78 is 10.4. The molecule has 0 saturated carbocycles. The third kappa shape index (κ3) is 4.72. The van der Waals surface area contributed by atoms with Crippen LogP contribution in [0.3, 0.4) is 0 Å². The number of quaternary nitrogens is 2. The van der Waals surface area contributed by atoms with Gasteiger partial charge in [-0.1, -0.05) is 24.3 Å². The summed E-state index contributed by atoms with van der Waals surface area (Å²) in [7, 11) is 11.2. The first-order valence-electron chi connectivity index (χ1n) is 7.67. The monoisotopic (exact) mass is 324 g/mol. The van der Waals surface area contributed by atoms with Crippen LogP contribution < -0.4 is 20.1 Å². The van der Waals surface area contributed by atoms with Crippen LogP contribution in [-0.4, -0.2) is 14.2 Å². The zero-order valence-corrected chi connectivity index (χ0v) is 14.2. The van der Waals surface area contributed by atoms with Gasteiger partial charge in [0.25, 0.3) is 0 Å². The van der Waals surface area contributed by atoms with E-state index >= 15 is 0 Å². The molecule has 0 aliphatic carbocycles. The summed E-state index contributed by atoms with van der Waals surface area (Å²) in [6.07, 6.45) is 4.15. The van der Waals surface area contributed by atoms with E-state index < -0.39 is 0 Å². The molecule has 0 aliphatic rings. The van der Waals surface area contributed by atoms with Gasteiger partial charge in [0.1, 0.15) is 11.5 Å². The molecule has 0 unspecified atom stereocenters. The molecular formula is C20H24N2O2. The highest BCUT2D eigenvalue weighted by Crippen LogP contribution is 2.16. The van der Waals surface area contributed by atoms with Crippen LogP contribution >= 0.6 is 0 Å². The van der Waals surface area contributed by atoms with Gasteiger partial charge in [0, 0.05) is 12.2 Å². The van der Waals surface area contributed by atoms with Crippen molar-refractivity contribution in [3.8, 4) is 11.5 Å². The van der Waals surface area contributed by atoms with E-state index in [1.54, 1.807) is 14.2 Å². The number of hydrogen-bond donors (Lipinski definition) is 2. The SMILES string of the molecule is [CH2-][NH2+]C(=Cc1ccc(OC)cc1)C(=Cc1ccc(OC)cc1)[NH2+][CH2-]. The lowest BCUT2D eigenvalue weighted by molar-refractivity contribution is -0.594. The Bertz CT molecular complexity index is 638. The minimum absolute atomic E-state index is 0.838. The quantitative estimate of drug-likeness (QED) is 0.603. The Morgan fingerprint density at radius 3 is 1.29 bits per heavy atom. The molecule has 0 radical (unpaired) electrons. The number of ether oxygens (including phenoxy) is 2. The molecule has 2 aromatic carbocycles. The lowest BCUT2D eigenvalue weighted by Gasteiger charge is -2.10. The first-order chi connectivity index (χ1) is 11.7. The molecule has 0 atom stereocenters. The zero-order valence-electron chi connectivity index (χ0n) is 14.2. The zero-order chi connectivity index (χ0) is 17.4. The average Bonchev–Trinajstić information content (AvgIpc) is 2.65. The van der Waals surface area contributed by atoms with Gasteiger partial charge < -0.3 is 20.1 Å². The fourth-order valence-electron chi connectivity index (χ4n) is 2.28. The molecule has 4 N–H and O–H groups in total. The Labute approximate surface area is 143 Å². The van der Waals surface area contributed by atoms with Crippen molar-refractivity contribution in [2.45, 2.75) is 0 Å². The number of rotatable bonds is 7. The van der Waals surface area contributed by atoms with Gasteiger partial charge in [-0.3, -0.25) is 0 Å². The second-order valence-electron chi connectivity index (χ2n) is 5.15. The fraction of sp³-hybridized carbons (Fsp3) is 0.100. The Kier molecular flexibility index (Phi) is 6.61. The highest BCUT2D eigenvalue weighted by atomic mass is 16.5. The third-order valence-electron chi connectivity index (χ3n) is 3.65. The van der Waals surface area contributed by atoms with Gasteiger partial charge in [-0.2, -0.15) is 0 Å².